The van der Waals surface area contributed by atoms with E-state index in [2.05, 4.69) is 64.9 Å². The van der Waals surface area contributed by atoms with Crippen LogP contribution in [0.5, 0.6) is 11.5 Å². The molecule has 6 heteroatoms. The van der Waals surface area contributed by atoms with Gasteiger partial charge in [0.15, 0.2) is 16.6 Å². The van der Waals surface area contributed by atoms with Crippen LogP contribution in [0.2, 0.25) is 0 Å². The Hall–Kier alpha value is -2.31. The minimum atomic E-state index is 0.127. The van der Waals surface area contributed by atoms with Gasteiger partial charge in [0.2, 0.25) is 0 Å². The maximum Gasteiger partial charge on any atom is 0.166 e. The maximum absolute atomic E-state index is 5.60. The molecule has 0 saturated carbocycles. The van der Waals surface area contributed by atoms with Gasteiger partial charge in [-0.15, -0.1) is 0 Å². The van der Waals surface area contributed by atoms with Crippen molar-refractivity contribution < 1.29 is 9.47 Å². The minimum Gasteiger partial charge on any atom is -0.493 e. The zero-order valence-electron chi connectivity index (χ0n) is 17.7. The predicted molar refractivity (Wildman–Crippen MR) is 122 cm³/mol. The first-order valence-electron chi connectivity index (χ1n) is 10.1. The van der Waals surface area contributed by atoms with Gasteiger partial charge in [-0.2, -0.15) is 0 Å². The first-order chi connectivity index (χ1) is 14.1. The SMILES string of the molecule is CCNC(=S)N[C@H](C)[C@@H]1c2cc(OC)c(OC)cc2CCN1Cc1ccccc1. The lowest BCUT2D eigenvalue weighted by Gasteiger charge is -2.41. The van der Waals surface area contributed by atoms with Gasteiger partial charge in [-0.05, 0) is 61.3 Å². The molecular formula is C23H31N3O2S. The number of hydrogen-bond acceptors (Lipinski definition) is 4. The van der Waals surface area contributed by atoms with Crippen LogP contribution in [0, 0.1) is 0 Å². The largest absolute Gasteiger partial charge is 0.493 e. The number of nitrogens with zero attached hydrogens (tertiary/aromatic N) is 1. The smallest absolute Gasteiger partial charge is 0.166 e. The Balaban J connectivity index is 1.96. The standard InChI is InChI=1S/C23H31N3O2S/c1-5-24-23(29)25-16(2)22-19-14-21(28-4)20(27-3)13-18(19)11-12-26(22)15-17-9-7-6-8-10-17/h6-10,13-14,16,22H,5,11-12,15H2,1-4H3,(H2,24,25,29)/t16-,22-/m1/s1. The average molecular weight is 414 g/mol. The number of ether oxygens (including phenoxy) is 2. The fraction of sp³-hybridized carbons (Fsp3) is 0.435. The molecule has 0 saturated heterocycles. The number of fused-ring (bicyclic) bond motifs is 1. The molecule has 5 nitrogen and oxygen atoms in total. The van der Waals surface area contributed by atoms with Gasteiger partial charge in [0, 0.05) is 25.7 Å². The maximum atomic E-state index is 5.60. The molecule has 1 heterocycles. The number of hydrogen-bond donors (Lipinski definition) is 2. The first-order valence-corrected chi connectivity index (χ1v) is 10.5. The molecule has 0 fully saturated rings. The summed E-state index contributed by atoms with van der Waals surface area (Å²) in [5, 5.41) is 7.37. The van der Waals surface area contributed by atoms with Crippen molar-refractivity contribution in [2.24, 2.45) is 0 Å². The van der Waals surface area contributed by atoms with E-state index in [1.54, 1.807) is 14.2 Å². The van der Waals surface area contributed by atoms with Gasteiger partial charge in [-0.3, -0.25) is 4.90 Å². The van der Waals surface area contributed by atoms with Gasteiger partial charge in [0.1, 0.15) is 0 Å². The van der Waals surface area contributed by atoms with Gasteiger partial charge in [-0.1, -0.05) is 30.3 Å². The van der Waals surface area contributed by atoms with E-state index in [-0.39, 0.29) is 12.1 Å². The van der Waals surface area contributed by atoms with Crippen molar-refractivity contribution in [1.82, 2.24) is 15.5 Å². The Labute approximate surface area is 179 Å². The molecule has 0 spiro atoms. The molecule has 0 radical (unpaired) electrons. The lowest BCUT2D eigenvalue weighted by Crippen LogP contribution is -2.49. The second-order valence-electron chi connectivity index (χ2n) is 7.35. The van der Waals surface area contributed by atoms with E-state index in [0.717, 1.165) is 37.6 Å². The quantitative estimate of drug-likeness (QED) is 0.676. The van der Waals surface area contributed by atoms with Crippen LogP contribution in [0.4, 0.5) is 0 Å². The van der Waals surface area contributed by atoms with Crippen LogP contribution in [0.15, 0.2) is 42.5 Å². The van der Waals surface area contributed by atoms with E-state index in [0.29, 0.717) is 5.11 Å². The highest BCUT2D eigenvalue weighted by Gasteiger charge is 2.33. The van der Waals surface area contributed by atoms with E-state index in [1.807, 2.05) is 6.92 Å². The van der Waals surface area contributed by atoms with Gasteiger partial charge in [-0.25, -0.2) is 0 Å². The highest BCUT2D eigenvalue weighted by atomic mass is 32.1. The number of thiocarbonyl (C=S) groups is 1. The second kappa shape index (κ2) is 9.94. The molecule has 0 bridgehead atoms. The third-order valence-corrected chi connectivity index (χ3v) is 5.69. The summed E-state index contributed by atoms with van der Waals surface area (Å²) in [6.07, 6.45) is 0.976. The van der Waals surface area contributed by atoms with Crippen molar-refractivity contribution in [3.63, 3.8) is 0 Å². The Morgan fingerprint density at radius 3 is 2.52 bits per heavy atom. The van der Waals surface area contributed by atoms with Crippen LogP contribution in [0.3, 0.4) is 0 Å². The summed E-state index contributed by atoms with van der Waals surface area (Å²) in [6, 6.07) is 15.2. The Kier molecular flexibility index (Phi) is 7.34. The molecule has 0 aliphatic carbocycles. The summed E-state index contributed by atoms with van der Waals surface area (Å²) in [6.45, 7) is 6.91. The molecule has 2 atom stereocenters. The highest BCUT2D eigenvalue weighted by Crippen LogP contribution is 2.40. The molecule has 3 rings (SSSR count). The Morgan fingerprint density at radius 2 is 1.86 bits per heavy atom. The number of rotatable bonds is 7. The summed E-state index contributed by atoms with van der Waals surface area (Å²) in [4.78, 5) is 2.52. The summed E-state index contributed by atoms with van der Waals surface area (Å²) in [5.74, 6) is 1.55. The molecule has 2 N–H and O–H groups in total. The van der Waals surface area contributed by atoms with Crippen LogP contribution >= 0.6 is 12.2 Å². The van der Waals surface area contributed by atoms with Crippen LogP contribution in [0.1, 0.15) is 36.6 Å². The molecule has 156 valence electrons. The van der Waals surface area contributed by atoms with Crippen molar-refractivity contribution in [3.8, 4) is 11.5 Å². The van der Waals surface area contributed by atoms with Crippen LogP contribution in [0.25, 0.3) is 0 Å². The molecule has 29 heavy (non-hydrogen) atoms. The molecule has 1 aliphatic heterocycles. The van der Waals surface area contributed by atoms with Crippen LogP contribution in [-0.2, 0) is 13.0 Å². The fourth-order valence-electron chi connectivity index (χ4n) is 4.11. The van der Waals surface area contributed by atoms with Crippen molar-refractivity contribution in [2.75, 3.05) is 27.3 Å². The van der Waals surface area contributed by atoms with E-state index < -0.39 is 0 Å². The minimum absolute atomic E-state index is 0.127. The second-order valence-corrected chi connectivity index (χ2v) is 7.76. The summed E-state index contributed by atoms with van der Waals surface area (Å²) >= 11 is 5.47. The van der Waals surface area contributed by atoms with Crippen molar-refractivity contribution in [2.45, 2.75) is 38.9 Å². The summed E-state index contributed by atoms with van der Waals surface area (Å²) < 4.78 is 11.1. The molecule has 1 aliphatic rings. The van der Waals surface area contributed by atoms with Crippen molar-refractivity contribution in [1.29, 1.82) is 0 Å². The lowest BCUT2D eigenvalue weighted by atomic mass is 9.87. The van der Waals surface area contributed by atoms with E-state index in [9.17, 15) is 0 Å². The average Bonchev–Trinajstić information content (AvgIpc) is 2.73. The predicted octanol–water partition coefficient (Wildman–Crippen LogP) is 3.68. The van der Waals surface area contributed by atoms with Crippen LogP contribution in [-0.4, -0.2) is 43.4 Å². The third kappa shape index (κ3) is 5.00. The topological polar surface area (TPSA) is 45.8 Å². The summed E-state index contributed by atoms with van der Waals surface area (Å²) in [5.41, 5.74) is 3.88. The monoisotopic (exact) mass is 413 g/mol. The van der Waals surface area contributed by atoms with Crippen molar-refractivity contribution >= 4 is 17.3 Å². The Morgan fingerprint density at radius 1 is 1.17 bits per heavy atom. The highest BCUT2D eigenvalue weighted by molar-refractivity contribution is 7.80. The third-order valence-electron chi connectivity index (χ3n) is 5.42. The number of methoxy groups -OCH3 is 2. The number of benzene rings is 2. The first kappa shape index (κ1) is 21.4. The Bertz CT molecular complexity index is 828. The molecule has 0 aromatic heterocycles. The van der Waals surface area contributed by atoms with Gasteiger partial charge in [0.05, 0.1) is 20.3 Å². The van der Waals surface area contributed by atoms with E-state index in [4.69, 9.17) is 21.7 Å². The van der Waals surface area contributed by atoms with E-state index >= 15 is 0 Å². The van der Waals surface area contributed by atoms with Gasteiger partial charge in [0.25, 0.3) is 0 Å². The lowest BCUT2D eigenvalue weighted by molar-refractivity contribution is 0.149. The zero-order valence-corrected chi connectivity index (χ0v) is 18.5. The van der Waals surface area contributed by atoms with Gasteiger partial charge >= 0.3 is 0 Å². The fourth-order valence-corrected chi connectivity index (χ4v) is 4.44. The molecular weight excluding hydrogens is 382 g/mol. The van der Waals surface area contributed by atoms with Gasteiger partial charge < -0.3 is 20.1 Å². The molecule has 2 aromatic rings. The molecule has 2 aromatic carbocycles. The van der Waals surface area contributed by atoms with Crippen molar-refractivity contribution in [3.05, 3.63) is 59.2 Å². The molecule has 0 amide bonds. The number of nitrogens with one attached hydrogen (secondary N) is 2. The summed E-state index contributed by atoms with van der Waals surface area (Å²) in [7, 11) is 3.37. The van der Waals surface area contributed by atoms with E-state index in [1.165, 1.54) is 16.7 Å². The molecule has 0 unspecified atom stereocenters. The normalized spacial score (nSPS) is 17.2. The van der Waals surface area contributed by atoms with Crippen LogP contribution < -0.4 is 20.1 Å². The zero-order chi connectivity index (χ0) is 20.8.